The van der Waals surface area contributed by atoms with Crippen LogP contribution in [0.15, 0.2) is 30.5 Å². The highest BCUT2D eigenvalue weighted by atomic mass is 14.9. The van der Waals surface area contributed by atoms with Crippen LogP contribution in [0.3, 0.4) is 0 Å². The minimum absolute atomic E-state index is 1.09. The molecule has 1 aromatic carbocycles. The van der Waals surface area contributed by atoms with Crippen LogP contribution in [0, 0.1) is 0 Å². The lowest BCUT2D eigenvalue weighted by atomic mass is 10.1. The maximum Gasteiger partial charge on any atom is 0.0455 e. The van der Waals surface area contributed by atoms with Gasteiger partial charge in [-0.1, -0.05) is 39.0 Å². The first kappa shape index (κ1) is 13.0. The minimum Gasteiger partial charge on any atom is -0.385 e. The van der Waals surface area contributed by atoms with Crippen LogP contribution < -0.4 is 5.32 Å². The van der Waals surface area contributed by atoms with Crippen molar-refractivity contribution in [2.75, 3.05) is 11.9 Å². The van der Waals surface area contributed by atoms with Gasteiger partial charge in [-0.15, -0.1) is 0 Å². The summed E-state index contributed by atoms with van der Waals surface area (Å²) in [5.74, 6) is 0. The number of hydrogen-bond donors (Lipinski definition) is 2. The van der Waals surface area contributed by atoms with Crippen LogP contribution in [0.2, 0.25) is 0 Å². The number of unbranched alkanes of at least 4 members (excludes halogenated alkanes) is 5. The molecule has 0 atom stereocenters. The number of benzene rings is 1. The molecule has 0 aliphatic rings. The molecule has 0 aliphatic carbocycles. The number of H-pyrrole nitrogens is 1. The van der Waals surface area contributed by atoms with Gasteiger partial charge in [-0.3, -0.25) is 0 Å². The molecule has 2 nitrogen and oxygen atoms in total. The first-order chi connectivity index (χ1) is 8.90. The van der Waals surface area contributed by atoms with Gasteiger partial charge in [0, 0.05) is 29.3 Å². The van der Waals surface area contributed by atoms with E-state index in [4.69, 9.17) is 0 Å². The smallest absolute Gasteiger partial charge is 0.0455 e. The maximum absolute atomic E-state index is 3.50. The molecule has 1 aromatic heterocycles. The van der Waals surface area contributed by atoms with E-state index in [1.54, 1.807) is 0 Å². The predicted octanol–water partition coefficient (Wildman–Crippen LogP) is 4.94. The fourth-order valence-electron chi connectivity index (χ4n) is 2.30. The highest BCUT2D eigenvalue weighted by Crippen LogP contribution is 2.17. The standard InChI is InChI=1S/C16H24N2/c1-2-3-4-5-6-7-11-17-15-8-9-16-14(13-15)10-12-18-16/h8-10,12-13,17-18H,2-7,11H2,1H3. The van der Waals surface area contributed by atoms with Crippen molar-refractivity contribution in [1.29, 1.82) is 0 Å². The highest BCUT2D eigenvalue weighted by molar-refractivity contribution is 5.82. The molecule has 2 rings (SSSR count). The summed E-state index contributed by atoms with van der Waals surface area (Å²) in [6, 6.07) is 8.61. The summed E-state index contributed by atoms with van der Waals surface area (Å²) in [4.78, 5) is 3.21. The third-order valence-electron chi connectivity index (χ3n) is 3.41. The quantitative estimate of drug-likeness (QED) is 0.632. The third kappa shape index (κ3) is 3.80. The molecular formula is C16H24N2. The number of anilines is 1. The summed E-state index contributed by atoms with van der Waals surface area (Å²) in [5, 5.41) is 4.78. The molecule has 0 fully saturated rings. The van der Waals surface area contributed by atoms with Gasteiger partial charge < -0.3 is 10.3 Å². The Bertz CT molecular complexity index is 459. The lowest BCUT2D eigenvalue weighted by molar-refractivity contribution is 0.617. The number of nitrogens with one attached hydrogen (secondary N) is 2. The van der Waals surface area contributed by atoms with Crippen LogP contribution in [0.25, 0.3) is 10.9 Å². The Kier molecular flexibility index (Phi) is 5.13. The third-order valence-corrected chi connectivity index (χ3v) is 3.41. The maximum atomic E-state index is 3.50. The fourth-order valence-corrected chi connectivity index (χ4v) is 2.30. The van der Waals surface area contributed by atoms with E-state index >= 15 is 0 Å². The summed E-state index contributed by atoms with van der Waals surface area (Å²) in [6.07, 6.45) is 10.1. The largest absolute Gasteiger partial charge is 0.385 e. The lowest BCUT2D eigenvalue weighted by Gasteiger charge is -2.06. The molecule has 0 saturated heterocycles. The Morgan fingerprint density at radius 2 is 1.83 bits per heavy atom. The van der Waals surface area contributed by atoms with Gasteiger partial charge in [0.15, 0.2) is 0 Å². The normalized spacial score (nSPS) is 10.9. The van der Waals surface area contributed by atoms with Crippen molar-refractivity contribution in [3.8, 4) is 0 Å². The molecule has 1 heterocycles. The molecule has 0 bridgehead atoms. The SMILES string of the molecule is CCCCCCCCNc1ccc2[nH]ccc2c1. The summed E-state index contributed by atoms with van der Waals surface area (Å²) < 4.78 is 0. The van der Waals surface area contributed by atoms with Crippen LogP contribution in [0.1, 0.15) is 45.4 Å². The average molecular weight is 244 g/mol. The van der Waals surface area contributed by atoms with Crippen molar-refractivity contribution >= 4 is 16.6 Å². The van der Waals surface area contributed by atoms with Gasteiger partial charge >= 0.3 is 0 Å². The van der Waals surface area contributed by atoms with Crippen LogP contribution in [-0.2, 0) is 0 Å². The van der Waals surface area contributed by atoms with Gasteiger partial charge in [0.05, 0.1) is 0 Å². The van der Waals surface area contributed by atoms with Gasteiger partial charge in [0.2, 0.25) is 0 Å². The molecule has 98 valence electrons. The molecule has 0 saturated carbocycles. The lowest BCUT2D eigenvalue weighted by Crippen LogP contribution is -2.01. The van der Waals surface area contributed by atoms with Crippen LogP contribution in [0.4, 0.5) is 5.69 Å². The number of hydrogen-bond acceptors (Lipinski definition) is 1. The second-order valence-electron chi connectivity index (χ2n) is 4.97. The van der Waals surface area contributed by atoms with E-state index in [9.17, 15) is 0 Å². The molecule has 0 unspecified atom stereocenters. The van der Waals surface area contributed by atoms with E-state index in [0.717, 1.165) is 6.54 Å². The zero-order valence-electron chi connectivity index (χ0n) is 11.3. The van der Waals surface area contributed by atoms with E-state index < -0.39 is 0 Å². The highest BCUT2D eigenvalue weighted by Gasteiger charge is 1.96. The van der Waals surface area contributed by atoms with Crippen molar-refractivity contribution in [3.63, 3.8) is 0 Å². The Morgan fingerprint density at radius 1 is 1.00 bits per heavy atom. The fraction of sp³-hybridized carbons (Fsp3) is 0.500. The molecule has 0 radical (unpaired) electrons. The summed E-state index contributed by atoms with van der Waals surface area (Å²) in [6.45, 7) is 3.35. The zero-order valence-corrected chi connectivity index (χ0v) is 11.3. The zero-order chi connectivity index (χ0) is 12.6. The van der Waals surface area contributed by atoms with Crippen LogP contribution >= 0.6 is 0 Å². The van der Waals surface area contributed by atoms with Crippen molar-refractivity contribution in [1.82, 2.24) is 4.98 Å². The van der Waals surface area contributed by atoms with Crippen molar-refractivity contribution in [2.24, 2.45) is 0 Å². The van der Waals surface area contributed by atoms with Gasteiger partial charge in [-0.05, 0) is 30.7 Å². The number of aromatic amines is 1. The summed E-state index contributed by atoms with van der Waals surface area (Å²) in [5.41, 5.74) is 2.44. The van der Waals surface area contributed by atoms with Crippen molar-refractivity contribution in [2.45, 2.75) is 45.4 Å². The number of fused-ring (bicyclic) bond motifs is 1. The van der Waals surface area contributed by atoms with E-state index in [2.05, 4.69) is 41.5 Å². The molecule has 2 N–H and O–H groups in total. The topological polar surface area (TPSA) is 27.8 Å². The van der Waals surface area contributed by atoms with Crippen molar-refractivity contribution in [3.05, 3.63) is 30.5 Å². The molecule has 0 aliphatic heterocycles. The van der Waals surface area contributed by atoms with E-state index in [0.29, 0.717) is 0 Å². The van der Waals surface area contributed by atoms with Crippen LogP contribution in [-0.4, -0.2) is 11.5 Å². The average Bonchev–Trinajstić information content (AvgIpc) is 2.85. The Balaban J connectivity index is 1.67. The molecule has 2 aromatic rings. The predicted molar refractivity (Wildman–Crippen MR) is 80.2 cm³/mol. The molecule has 0 spiro atoms. The van der Waals surface area contributed by atoms with Crippen LogP contribution in [0.5, 0.6) is 0 Å². The Labute approximate surface area is 110 Å². The van der Waals surface area contributed by atoms with E-state index in [1.807, 2.05) is 6.20 Å². The van der Waals surface area contributed by atoms with Gasteiger partial charge in [0.1, 0.15) is 0 Å². The monoisotopic (exact) mass is 244 g/mol. The second-order valence-corrected chi connectivity index (χ2v) is 4.97. The first-order valence-electron chi connectivity index (χ1n) is 7.21. The summed E-state index contributed by atoms with van der Waals surface area (Å²) in [7, 11) is 0. The number of aromatic nitrogens is 1. The molecular weight excluding hydrogens is 220 g/mol. The molecule has 0 amide bonds. The van der Waals surface area contributed by atoms with Crippen molar-refractivity contribution < 1.29 is 0 Å². The first-order valence-corrected chi connectivity index (χ1v) is 7.21. The second kappa shape index (κ2) is 7.10. The number of rotatable bonds is 8. The minimum atomic E-state index is 1.09. The molecule has 2 heteroatoms. The van der Waals surface area contributed by atoms with Gasteiger partial charge in [0.25, 0.3) is 0 Å². The van der Waals surface area contributed by atoms with E-state index in [1.165, 1.54) is 55.1 Å². The van der Waals surface area contributed by atoms with Gasteiger partial charge in [-0.25, -0.2) is 0 Å². The van der Waals surface area contributed by atoms with Gasteiger partial charge in [-0.2, -0.15) is 0 Å². The Morgan fingerprint density at radius 3 is 2.72 bits per heavy atom. The summed E-state index contributed by atoms with van der Waals surface area (Å²) >= 11 is 0. The van der Waals surface area contributed by atoms with E-state index in [-0.39, 0.29) is 0 Å². The molecule has 18 heavy (non-hydrogen) atoms. The Hall–Kier alpha value is -1.44.